The van der Waals surface area contributed by atoms with Crippen molar-refractivity contribution in [2.45, 2.75) is 26.0 Å². The summed E-state index contributed by atoms with van der Waals surface area (Å²) in [6.07, 6.45) is 4.73. The number of aliphatic carboxylic acids is 1. The van der Waals surface area contributed by atoms with Crippen molar-refractivity contribution >= 4 is 16.7 Å². The van der Waals surface area contributed by atoms with Crippen molar-refractivity contribution in [3.8, 4) is 16.9 Å². The summed E-state index contributed by atoms with van der Waals surface area (Å²) in [4.78, 5) is 11.2. The van der Waals surface area contributed by atoms with Gasteiger partial charge < -0.3 is 14.4 Å². The summed E-state index contributed by atoms with van der Waals surface area (Å²) in [5.74, 6) is -0.373. The Morgan fingerprint density at radius 1 is 0.833 bits per heavy atom. The maximum absolute atomic E-state index is 13.9. The summed E-state index contributed by atoms with van der Waals surface area (Å²) in [7, 11) is 0. The quantitative estimate of drug-likeness (QED) is 0.245. The lowest BCUT2D eigenvalue weighted by atomic mass is 10.0. The third-order valence-electron chi connectivity index (χ3n) is 6.25. The van der Waals surface area contributed by atoms with E-state index in [0.717, 1.165) is 33.0 Å². The van der Waals surface area contributed by atoms with E-state index >= 15 is 0 Å². The zero-order valence-corrected chi connectivity index (χ0v) is 19.7. The topological polar surface area (TPSA) is 51.5 Å². The average molecular weight is 480 g/mol. The molecule has 0 unspecified atom stereocenters. The highest BCUT2D eigenvalue weighted by Gasteiger charge is 2.11. The maximum atomic E-state index is 13.9. The van der Waals surface area contributed by atoms with Gasteiger partial charge in [-0.1, -0.05) is 66.7 Å². The second-order valence-electron chi connectivity index (χ2n) is 8.85. The van der Waals surface area contributed by atoms with Gasteiger partial charge in [-0.2, -0.15) is 0 Å². The molecule has 1 N–H and O–H groups in total. The minimum Gasteiger partial charge on any atom is -0.489 e. The van der Waals surface area contributed by atoms with Gasteiger partial charge in [0, 0.05) is 36.5 Å². The van der Waals surface area contributed by atoms with Gasteiger partial charge in [-0.3, -0.25) is 4.79 Å². The highest BCUT2D eigenvalue weighted by molar-refractivity contribution is 5.84. The maximum Gasteiger partial charge on any atom is 0.303 e. The van der Waals surface area contributed by atoms with E-state index in [-0.39, 0.29) is 18.8 Å². The van der Waals surface area contributed by atoms with Crippen LogP contribution in [0.4, 0.5) is 4.39 Å². The fourth-order valence-electron chi connectivity index (χ4n) is 4.41. The number of rotatable bonds is 9. The Morgan fingerprint density at radius 2 is 1.58 bits per heavy atom. The van der Waals surface area contributed by atoms with Gasteiger partial charge in [-0.05, 0) is 58.1 Å². The highest BCUT2D eigenvalue weighted by atomic mass is 19.1. The average Bonchev–Trinajstić information content (AvgIpc) is 3.30. The molecule has 0 saturated heterocycles. The van der Waals surface area contributed by atoms with Crippen molar-refractivity contribution < 1.29 is 19.0 Å². The van der Waals surface area contributed by atoms with Crippen molar-refractivity contribution in [3.63, 3.8) is 0 Å². The van der Waals surface area contributed by atoms with Crippen molar-refractivity contribution in [3.05, 3.63) is 126 Å². The number of halogens is 1. The smallest absolute Gasteiger partial charge is 0.303 e. The fourth-order valence-corrected chi connectivity index (χ4v) is 4.41. The van der Waals surface area contributed by atoms with Crippen molar-refractivity contribution in [2.75, 3.05) is 0 Å². The standard InChI is InChI=1S/C31H26FNO3/c32-30-9-5-4-8-27(30)21-36-28-14-12-24-16-22(10-11-25(24)17-28)18-33-19-26(13-15-31(34)35)29(20-33)23-6-2-1-3-7-23/h1-12,14,16-17,19-20H,13,15,18,21H2,(H,34,35). The van der Waals surface area contributed by atoms with E-state index in [9.17, 15) is 9.18 Å². The number of hydrogen-bond donors (Lipinski definition) is 1. The first-order chi connectivity index (χ1) is 17.5. The first kappa shape index (κ1) is 23.4. The number of fused-ring (bicyclic) bond motifs is 1. The molecule has 1 heterocycles. The number of nitrogens with zero attached hydrogens (tertiary/aromatic N) is 1. The third kappa shape index (κ3) is 5.47. The van der Waals surface area contributed by atoms with E-state index in [1.807, 2.05) is 48.5 Å². The van der Waals surface area contributed by atoms with E-state index in [1.165, 1.54) is 6.07 Å². The van der Waals surface area contributed by atoms with E-state index in [4.69, 9.17) is 9.84 Å². The Hall–Kier alpha value is -4.38. The zero-order valence-electron chi connectivity index (χ0n) is 19.7. The van der Waals surface area contributed by atoms with Gasteiger partial charge in [0.15, 0.2) is 0 Å². The van der Waals surface area contributed by atoms with Crippen LogP contribution in [0.5, 0.6) is 5.75 Å². The summed E-state index contributed by atoms with van der Waals surface area (Å²) in [5.41, 5.74) is 4.84. The van der Waals surface area contributed by atoms with Crippen molar-refractivity contribution in [2.24, 2.45) is 0 Å². The van der Waals surface area contributed by atoms with Crippen LogP contribution in [-0.2, 0) is 24.4 Å². The van der Waals surface area contributed by atoms with Crippen LogP contribution >= 0.6 is 0 Å². The van der Waals surface area contributed by atoms with Gasteiger partial charge in [0.2, 0.25) is 0 Å². The molecule has 0 saturated carbocycles. The van der Waals surface area contributed by atoms with Crippen molar-refractivity contribution in [1.29, 1.82) is 0 Å². The van der Waals surface area contributed by atoms with E-state index < -0.39 is 5.97 Å². The monoisotopic (exact) mass is 479 g/mol. The predicted molar refractivity (Wildman–Crippen MR) is 140 cm³/mol. The molecule has 4 aromatic carbocycles. The van der Waals surface area contributed by atoms with Crippen LogP contribution in [0.2, 0.25) is 0 Å². The SMILES string of the molecule is O=C(O)CCc1cn(Cc2ccc3cc(OCc4ccccc4F)ccc3c2)cc1-c1ccccc1. The van der Waals surface area contributed by atoms with E-state index in [1.54, 1.807) is 18.2 Å². The molecule has 0 fully saturated rings. The molecule has 0 aliphatic carbocycles. The van der Waals surface area contributed by atoms with E-state index in [2.05, 4.69) is 35.2 Å². The number of carboxylic acid groups (broad SMARTS) is 1. The largest absolute Gasteiger partial charge is 0.489 e. The number of carbonyl (C=O) groups is 1. The predicted octanol–water partition coefficient (Wildman–Crippen LogP) is 7.09. The first-order valence-corrected chi connectivity index (χ1v) is 11.9. The fraction of sp³-hybridized carbons (Fsp3) is 0.129. The molecule has 0 aliphatic heterocycles. The highest BCUT2D eigenvalue weighted by Crippen LogP contribution is 2.28. The lowest BCUT2D eigenvalue weighted by Gasteiger charge is -2.09. The summed E-state index contributed by atoms with van der Waals surface area (Å²) >= 11 is 0. The minimum atomic E-state index is -0.798. The first-order valence-electron chi connectivity index (χ1n) is 11.9. The third-order valence-corrected chi connectivity index (χ3v) is 6.25. The van der Waals surface area contributed by atoms with Crippen LogP contribution in [0.1, 0.15) is 23.1 Å². The second kappa shape index (κ2) is 10.5. The molecule has 5 heteroatoms. The van der Waals surface area contributed by atoms with Gasteiger partial charge >= 0.3 is 5.97 Å². The molecular formula is C31H26FNO3. The van der Waals surface area contributed by atoms with Crippen LogP contribution in [0.15, 0.2) is 103 Å². The number of benzene rings is 4. The number of aryl methyl sites for hydroxylation is 1. The Balaban J connectivity index is 1.34. The molecule has 0 amide bonds. The Kier molecular flexibility index (Phi) is 6.80. The van der Waals surface area contributed by atoms with Gasteiger partial charge in [0.05, 0.1) is 0 Å². The van der Waals surface area contributed by atoms with Crippen LogP contribution < -0.4 is 4.74 Å². The number of ether oxygens (including phenoxy) is 1. The second-order valence-corrected chi connectivity index (χ2v) is 8.85. The lowest BCUT2D eigenvalue weighted by Crippen LogP contribution is -1.99. The van der Waals surface area contributed by atoms with Gasteiger partial charge in [0.1, 0.15) is 18.2 Å². The molecule has 4 nitrogen and oxygen atoms in total. The summed E-state index contributed by atoms with van der Waals surface area (Å²) in [5, 5.41) is 11.3. The molecule has 5 rings (SSSR count). The zero-order chi connectivity index (χ0) is 24.9. The van der Waals surface area contributed by atoms with Crippen molar-refractivity contribution in [1.82, 2.24) is 4.57 Å². The Labute approximate surface area is 209 Å². The molecular weight excluding hydrogens is 453 g/mol. The molecule has 0 radical (unpaired) electrons. The molecule has 0 bridgehead atoms. The number of carboxylic acids is 1. The normalized spacial score (nSPS) is 11.0. The summed E-state index contributed by atoms with van der Waals surface area (Å²) < 4.78 is 21.8. The van der Waals surface area contributed by atoms with E-state index in [0.29, 0.717) is 24.3 Å². The summed E-state index contributed by atoms with van der Waals surface area (Å²) in [6, 6.07) is 28.9. The molecule has 1 aromatic heterocycles. The lowest BCUT2D eigenvalue weighted by molar-refractivity contribution is -0.136. The molecule has 36 heavy (non-hydrogen) atoms. The van der Waals surface area contributed by atoms with Gasteiger partial charge in [0.25, 0.3) is 0 Å². The van der Waals surface area contributed by atoms with Gasteiger partial charge in [-0.15, -0.1) is 0 Å². The Bertz CT molecular complexity index is 1510. The number of hydrogen-bond acceptors (Lipinski definition) is 2. The van der Waals surface area contributed by atoms with Crippen LogP contribution in [0.25, 0.3) is 21.9 Å². The molecule has 180 valence electrons. The van der Waals surface area contributed by atoms with Crippen LogP contribution in [-0.4, -0.2) is 15.6 Å². The number of aromatic nitrogens is 1. The van der Waals surface area contributed by atoms with Gasteiger partial charge in [-0.25, -0.2) is 4.39 Å². The Morgan fingerprint density at radius 3 is 2.39 bits per heavy atom. The van der Waals surface area contributed by atoms with Crippen LogP contribution in [0, 0.1) is 5.82 Å². The summed E-state index contributed by atoms with van der Waals surface area (Å²) in [6.45, 7) is 0.853. The molecule has 5 aromatic rings. The minimum absolute atomic E-state index is 0.0984. The molecule has 0 atom stereocenters. The molecule has 0 aliphatic rings. The molecule has 0 spiro atoms. The van der Waals surface area contributed by atoms with Crippen LogP contribution in [0.3, 0.4) is 0 Å².